The van der Waals surface area contributed by atoms with Gasteiger partial charge in [0.15, 0.2) is 0 Å². The lowest BCUT2D eigenvalue weighted by Crippen LogP contribution is -2.52. The minimum Gasteiger partial charge on any atom is -0.378 e. The maximum absolute atomic E-state index is 13.0. The smallest absolute Gasteiger partial charge is 0.268 e. The molecule has 0 spiro atoms. The quantitative estimate of drug-likeness (QED) is 0.663. The third-order valence-corrected chi connectivity index (χ3v) is 7.71. The predicted octanol–water partition coefficient (Wildman–Crippen LogP) is 3.23. The molecule has 4 rings (SSSR count). The van der Waals surface area contributed by atoms with Crippen LogP contribution in [0.5, 0.6) is 0 Å². The van der Waals surface area contributed by atoms with Crippen molar-refractivity contribution in [1.82, 2.24) is 19.2 Å². The van der Waals surface area contributed by atoms with Crippen molar-refractivity contribution in [3.05, 3.63) is 41.3 Å². The van der Waals surface area contributed by atoms with E-state index in [-0.39, 0.29) is 12.0 Å². The number of carbonyl (C=O) groups excluding carboxylic acids is 1. The molecule has 2 aromatic rings. The zero-order chi connectivity index (χ0) is 22.0. The van der Waals surface area contributed by atoms with Crippen molar-refractivity contribution >= 4 is 23.7 Å². The summed E-state index contributed by atoms with van der Waals surface area (Å²) in [4.78, 5) is 20.9. The van der Waals surface area contributed by atoms with Crippen molar-refractivity contribution in [3.63, 3.8) is 0 Å². The molecule has 1 amide bonds. The first kappa shape index (κ1) is 22.2. The molecule has 0 radical (unpaired) electrons. The molecule has 2 fully saturated rings. The summed E-state index contributed by atoms with van der Waals surface area (Å²) in [6, 6.07) is 5.97. The second kappa shape index (κ2) is 9.63. The van der Waals surface area contributed by atoms with E-state index in [1.54, 1.807) is 25.3 Å². The van der Waals surface area contributed by atoms with E-state index in [0.29, 0.717) is 12.2 Å². The standard InChI is InChI=1S/C23H33N5O2S/c1-16-7-10-28(11-8-16)31-21-12-20(26(3)17(21)2)23(29)25-13-18-6-5-9-24-22(18)27-14-19(15-27)30-4/h5-6,9,12,16,19H,7-8,10-11,13-15H2,1-4H3,(H,25,29). The number of hydrogen-bond acceptors (Lipinski definition) is 6. The number of carbonyl (C=O) groups is 1. The van der Waals surface area contributed by atoms with Gasteiger partial charge in [-0.15, -0.1) is 0 Å². The Hall–Kier alpha value is -2.03. The molecular weight excluding hydrogens is 410 g/mol. The number of rotatable bonds is 7. The average Bonchev–Trinajstić information content (AvgIpc) is 3.02. The van der Waals surface area contributed by atoms with Gasteiger partial charge in [-0.05, 0) is 49.8 Å². The van der Waals surface area contributed by atoms with Gasteiger partial charge in [0.25, 0.3) is 5.91 Å². The zero-order valence-corrected chi connectivity index (χ0v) is 19.7. The van der Waals surface area contributed by atoms with Gasteiger partial charge in [0, 0.05) is 69.2 Å². The SMILES string of the molecule is COC1CN(c2ncccc2CNC(=O)c2cc(SN3CCC(C)CC3)c(C)n2C)C1. The molecule has 8 heteroatoms. The van der Waals surface area contributed by atoms with Crippen LogP contribution in [0.2, 0.25) is 0 Å². The van der Waals surface area contributed by atoms with E-state index < -0.39 is 0 Å². The van der Waals surface area contributed by atoms with E-state index >= 15 is 0 Å². The Morgan fingerprint density at radius 2 is 2.06 bits per heavy atom. The van der Waals surface area contributed by atoms with Gasteiger partial charge >= 0.3 is 0 Å². The number of nitrogens with one attached hydrogen (secondary N) is 1. The third-order valence-electron chi connectivity index (χ3n) is 6.48. The molecule has 0 aromatic carbocycles. The molecule has 1 N–H and O–H groups in total. The van der Waals surface area contributed by atoms with Crippen LogP contribution >= 0.6 is 11.9 Å². The molecule has 7 nitrogen and oxygen atoms in total. The zero-order valence-electron chi connectivity index (χ0n) is 18.9. The molecule has 2 saturated heterocycles. The van der Waals surface area contributed by atoms with E-state index in [1.807, 2.05) is 29.8 Å². The highest BCUT2D eigenvalue weighted by Crippen LogP contribution is 2.32. The fraction of sp³-hybridized carbons (Fsp3) is 0.565. The van der Waals surface area contributed by atoms with Gasteiger partial charge in [-0.2, -0.15) is 0 Å². The van der Waals surface area contributed by atoms with E-state index in [1.165, 1.54) is 12.8 Å². The number of methoxy groups -OCH3 is 1. The highest BCUT2D eigenvalue weighted by Gasteiger charge is 2.29. The number of anilines is 1. The van der Waals surface area contributed by atoms with Crippen LogP contribution in [-0.4, -0.2) is 59.2 Å². The van der Waals surface area contributed by atoms with Crippen LogP contribution in [0.4, 0.5) is 5.82 Å². The molecule has 4 heterocycles. The van der Waals surface area contributed by atoms with Crippen LogP contribution in [0.1, 0.15) is 41.5 Å². The van der Waals surface area contributed by atoms with Gasteiger partial charge < -0.3 is 19.5 Å². The molecule has 31 heavy (non-hydrogen) atoms. The Kier molecular flexibility index (Phi) is 6.89. The normalized spacial score (nSPS) is 18.3. The van der Waals surface area contributed by atoms with Gasteiger partial charge in [0.05, 0.1) is 6.10 Å². The number of nitrogens with zero attached hydrogens (tertiary/aromatic N) is 4. The van der Waals surface area contributed by atoms with Crippen LogP contribution in [-0.2, 0) is 18.3 Å². The molecule has 0 aliphatic carbocycles. The summed E-state index contributed by atoms with van der Waals surface area (Å²) in [6.07, 6.45) is 4.53. The van der Waals surface area contributed by atoms with Gasteiger partial charge in [-0.3, -0.25) is 4.79 Å². The summed E-state index contributed by atoms with van der Waals surface area (Å²) in [5.41, 5.74) is 2.84. The Morgan fingerprint density at radius 1 is 1.32 bits per heavy atom. The third kappa shape index (κ3) is 4.91. The van der Waals surface area contributed by atoms with Gasteiger partial charge in [0.1, 0.15) is 11.5 Å². The van der Waals surface area contributed by atoms with E-state index in [4.69, 9.17) is 4.74 Å². The highest BCUT2D eigenvalue weighted by molar-refractivity contribution is 7.97. The largest absolute Gasteiger partial charge is 0.378 e. The molecule has 0 atom stereocenters. The lowest BCUT2D eigenvalue weighted by Gasteiger charge is -2.39. The number of piperidine rings is 1. The molecule has 2 aliphatic heterocycles. The summed E-state index contributed by atoms with van der Waals surface area (Å²) in [7, 11) is 3.70. The van der Waals surface area contributed by atoms with Gasteiger partial charge in [0.2, 0.25) is 0 Å². The molecule has 2 aliphatic rings. The lowest BCUT2D eigenvalue weighted by molar-refractivity contribution is 0.0781. The highest BCUT2D eigenvalue weighted by atomic mass is 32.2. The van der Waals surface area contributed by atoms with Gasteiger partial charge in [-0.1, -0.05) is 13.0 Å². The van der Waals surface area contributed by atoms with E-state index in [2.05, 4.69) is 33.4 Å². The van der Waals surface area contributed by atoms with Crippen LogP contribution in [0.25, 0.3) is 0 Å². The Labute approximate surface area is 189 Å². The number of hydrogen-bond donors (Lipinski definition) is 1. The van der Waals surface area contributed by atoms with Crippen LogP contribution in [0, 0.1) is 12.8 Å². The lowest BCUT2D eigenvalue weighted by atomic mass is 10.0. The van der Waals surface area contributed by atoms with Crippen LogP contribution in [0.15, 0.2) is 29.3 Å². The first-order chi connectivity index (χ1) is 15.0. The number of pyridine rings is 1. The second-order valence-corrected chi connectivity index (χ2v) is 9.81. The average molecular weight is 444 g/mol. The van der Waals surface area contributed by atoms with Crippen molar-refractivity contribution in [1.29, 1.82) is 0 Å². The predicted molar refractivity (Wildman–Crippen MR) is 124 cm³/mol. The van der Waals surface area contributed by atoms with Crippen molar-refractivity contribution in [2.24, 2.45) is 13.0 Å². The monoisotopic (exact) mass is 443 g/mol. The molecule has 0 saturated carbocycles. The molecule has 0 bridgehead atoms. The summed E-state index contributed by atoms with van der Waals surface area (Å²) >= 11 is 1.78. The van der Waals surface area contributed by atoms with Crippen LogP contribution in [0.3, 0.4) is 0 Å². The number of ether oxygens (including phenoxy) is 1. The summed E-state index contributed by atoms with van der Waals surface area (Å²) in [5.74, 6) is 1.68. The summed E-state index contributed by atoms with van der Waals surface area (Å²) in [6.45, 7) is 8.73. The first-order valence-corrected chi connectivity index (χ1v) is 11.8. The van der Waals surface area contributed by atoms with Crippen molar-refractivity contribution < 1.29 is 9.53 Å². The Morgan fingerprint density at radius 3 is 2.77 bits per heavy atom. The van der Waals surface area contributed by atoms with Gasteiger partial charge in [-0.25, -0.2) is 9.29 Å². The summed E-state index contributed by atoms with van der Waals surface area (Å²) < 4.78 is 9.79. The van der Waals surface area contributed by atoms with Crippen LogP contribution < -0.4 is 10.2 Å². The topological polar surface area (TPSA) is 62.6 Å². The fourth-order valence-corrected chi connectivity index (χ4v) is 5.18. The summed E-state index contributed by atoms with van der Waals surface area (Å²) in [5, 5.41) is 3.09. The van der Waals surface area contributed by atoms with E-state index in [9.17, 15) is 4.79 Å². The minimum absolute atomic E-state index is 0.0575. The Balaban J connectivity index is 1.39. The minimum atomic E-state index is -0.0575. The van der Waals surface area contributed by atoms with Crippen molar-refractivity contribution in [2.45, 2.75) is 44.2 Å². The molecule has 2 aromatic heterocycles. The maximum Gasteiger partial charge on any atom is 0.268 e. The second-order valence-electron chi connectivity index (χ2n) is 8.67. The molecule has 168 valence electrons. The molecule has 0 unspecified atom stereocenters. The maximum atomic E-state index is 13.0. The number of amides is 1. The Bertz CT molecular complexity index is 917. The van der Waals surface area contributed by atoms with E-state index in [0.717, 1.165) is 54.1 Å². The first-order valence-electron chi connectivity index (χ1n) is 11.0. The number of aromatic nitrogens is 2. The van der Waals surface area contributed by atoms with Crippen molar-refractivity contribution in [2.75, 3.05) is 38.2 Å². The van der Waals surface area contributed by atoms with Crippen molar-refractivity contribution in [3.8, 4) is 0 Å². The molecular formula is C23H33N5O2S. The fourth-order valence-electron chi connectivity index (χ4n) is 4.08.